The van der Waals surface area contributed by atoms with Crippen molar-refractivity contribution >= 4 is 22.0 Å². The number of aromatic nitrogens is 2. The van der Waals surface area contributed by atoms with Crippen LogP contribution in [0.1, 0.15) is 23.2 Å². The molecular formula is C16H19N3OS. The van der Waals surface area contributed by atoms with E-state index >= 15 is 0 Å². The van der Waals surface area contributed by atoms with Gasteiger partial charge in [-0.3, -0.25) is 4.40 Å². The Morgan fingerprint density at radius 2 is 2.00 bits per heavy atom. The number of anilines is 1. The molecule has 0 aliphatic heterocycles. The zero-order valence-electron chi connectivity index (χ0n) is 12.5. The maximum Gasteiger partial charge on any atom is 0.194 e. The fraction of sp³-hybridized carbons (Fsp3) is 0.312. The number of benzene rings is 1. The molecule has 1 N–H and O–H groups in total. The van der Waals surface area contributed by atoms with Gasteiger partial charge in [-0.15, -0.1) is 11.3 Å². The molecule has 0 aliphatic rings. The summed E-state index contributed by atoms with van der Waals surface area (Å²) in [6.07, 6.45) is 2.15. The van der Waals surface area contributed by atoms with Crippen LogP contribution in [-0.4, -0.2) is 16.0 Å². The molecule has 21 heavy (non-hydrogen) atoms. The van der Waals surface area contributed by atoms with Crippen LogP contribution in [0.2, 0.25) is 0 Å². The molecule has 0 unspecified atom stereocenters. The minimum absolute atomic E-state index is 0.692. The van der Waals surface area contributed by atoms with E-state index in [1.165, 1.54) is 10.6 Å². The van der Waals surface area contributed by atoms with Crippen LogP contribution < -0.4 is 10.1 Å². The number of hydrogen-bond acceptors (Lipinski definition) is 4. The molecule has 4 nitrogen and oxygen atoms in total. The van der Waals surface area contributed by atoms with Gasteiger partial charge in [0.1, 0.15) is 5.75 Å². The second-order valence-electron chi connectivity index (χ2n) is 4.95. The summed E-state index contributed by atoms with van der Waals surface area (Å²) >= 11 is 1.72. The van der Waals surface area contributed by atoms with Gasteiger partial charge in [0.15, 0.2) is 4.96 Å². The first-order chi connectivity index (χ1) is 10.2. The van der Waals surface area contributed by atoms with Gasteiger partial charge in [-0.2, -0.15) is 0 Å². The number of nitrogens with one attached hydrogen (secondary N) is 1. The van der Waals surface area contributed by atoms with E-state index in [9.17, 15) is 0 Å². The summed E-state index contributed by atoms with van der Waals surface area (Å²) in [5.41, 5.74) is 3.38. The highest BCUT2D eigenvalue weighted by molar-refractivity contribution is 7.17. The molecule has 0 saturated carbocycles. The standard InChI is InChI=1S/C16H19N3OS/c1-4-20-14-7-5-13(6-8-14)17-9-15-12(3)18-16-19(15)10-11(2)21-16/h5-8,10,17H,4,9H2,1-3H3. The van der Waals surface area contributed by atoms with Gasteiger partial charge < -0.3 is 10.1 Å². The van der Waals surface area contributed by atoms with Crippen molar-refractivity contribution in [2.75, 3.05) is 11.9 Å². The number of nitrogens with zero attached hydrogens (tertiary/aromatic N) is 2. The third kappa shape index (κ3) is 2.88. The minimum Gasteiger partial charge on any atom is -0.494 e. The predicted octanol–water partition coefficient (Wildman–Crippen LogP) is 4.02. The van der Waals surface area contributed by atoms with Crippen LogP contribution in [0.5, 0.6) is 5.75 Å². The van der Waals surface area contributed by atoms with Gasteiger partial charge in [0.25, 0.3) is 0 Å². The average Bonchev–Trinajstić information content (AvgIpc) is 2.94. The van der Waals surface area contributed by atoms with Crippen LogP contribution in [0.15, 0.2) is 30.5 Å². The smallest absolute Gasteiger partial charge is 0.194 e. The zero-order chi connectivity index (χ0) is 14.8. The first kappa shape index (κ1) is 13.9. The maximum atomic E-state index is 5.45. The number of ether oxygens (including phenoxy) is 1. The van der Waals surface area contributed by atoms with Crippen molar-refractivity contribution in [3.8, 4) is 5.75 Å². The SMILES string of the molecule is CCOc1ccc(NCc2c(C)nc3sc(C)cn23)cc1. The highest BCUT2D eigenvalue weighted by Crippen LogP contribution is 2.22. The molecule has 0 saturated heterocycles. The molecule has 1 aromatic carbocycles. The topological polar surface area (TPSA) is 38.6 Å². The summed E-state index contributed by atoms with van der Waals surface area (Å²) in [6.45, 7) is 7.61. The Balaban J connectivity index is 1.75. The average molecular weight is 301 g/mol. The second-order valence-corrected chi connectivity index (χ2v) is 6.16. The van der Waals surface area contributed by atoms with Gasteiger partial charge in [-0.1, -0.05) is 0 Å². The molecule has 0 spiro atoms. The van der Waals surface area contributed by atoms with Crippen molar-refractivity contribution in [1.82, 2.24) is 9.38 Å². The van der Waals surface area contributed by atoms with E-state index in [0.29, 0.717) is 6.61 Å². The summed E-state index contributed by atoms with van der Waals surface area (Å²) in [7, 11) is 0. The van der Waals surface area contributed by atoms with Gasteiger partial charge in [-0.25, -0.2) is 4.98 Å². The normalized spacial score (nSPS) is 11.0. The van der Waals surface area contributed by atoms with Crippen LogP contribution >= 0.6 is 11.3 Å². The molecule has 0 bridgehead atoms. The second kappa shape index (κ2) is 5.77. The van der Waals surface area contributed by atoms with Gasteiger partial charge in [0, 0.05) is 16.8 Å². The molecule has 0 amide bonds. The molecule has 0 aliphatic carbocycles. The molecule has 3 aromatic rings. The van der Waals surface area contributed by atoms with E-state index in [-0.39, 0.29) is 0 Å². The fourth-order valence-corrected chi connectivity index (χ4v) is 3.23. The maximum absolute atomic E-state index is 5.45. The summed E-state index contributed by atoms with van der Waals surface area (Å²) in [6, 6.07) is 8.05. The van der Waals surface area contributed by atoms with E-state index in [2.05, 4.69) is 34.7 Å². The highest BCUT2D eigenvalue weighted by Gasteiger charge is 2.10. The molecule has 110 valence electrons. The Morgan fingerprint density at radius 3 is 2.71 bits per heavy atom. The third-order valence-corrected chi connectivity index (χ3v) is 4.26. The van der Waals surface area contributed by atoms with Crippen LogP contribution in [0, 0.1) is 13.8 Å². The van der Waals surface area contributed by atoms with E-state index in [4.69, 9.17) is 4.74 Å². The first-order valence-electron chi connectivity index (χ1n) is 7.08. The minimum atomic E-state index is 0.692. The van der Waals surface area contributed by atoms with E-state index < -0.39 is 0 Å². The Labute approximate surface area is 128 Å². The number of aryl methyl sites for hydroxylation is 2. The number of thiazole rings is 1. The molecule has 0 radical (unpaired) electrons. The third-order valence-electron chi connectivity index (χ3n) is 3.37. The lowest BCUT2D eigenvalue weighted by atomic mass is 10.3. The van der Waals surface area contributed by atoms with Crippen LogP contribution in [-0.2, 0) is 6.54 Å². The summed E-state index contributed by atoms with van der Waals surface area (Å²) < 4.78 is 7.63. The van der Waals surface area contributed by atoms with Gasteiger partial charge in [0.05, 0.1) is 24.5 Å². The zero-order valence-corrected chi connectivity index (χ0v) is 13.3. The predicted molar refractivity (Wildman–Crippen MR) is 87.5 cm³/mol. The van der Waals surface area contributed by atoms with Crippen molar-refractivity contribution in [3.05, 3.63) is 46.7 Å². The molecule has 3 rings (SSSR count). The van der Waals surface area contributed by atoms with Crippen LogP contribution in [0.3, 0.4) is 0 Å². The summed E-state index contributed by atoms with van der Waals surface area (Å²) in [5, 5.41) is 3.45. The van der Waals surface area contributed by atoms with Crippen molar-refractivity contribution < 1.29 is 4.74 Å². The van der Waals surface area contributed by atoms with Crippen LogP contribution in [0.4, 0.5) is 5.69 Å². The lowest BCUT2D eigenvalue weighted by Crippen LogP contribution is -2.03. The lowest BCUT2D eigenvalue weighted by Gasteiger charge is -2.08. The number of imidazole rings is 1. The largest absolute Gasteiger partial charge is 0.494 e. The Bertz CT molecular complexity index is 743. The Morgan fingerprint density at radius 1 is 1.24 bits per heavy atom. The number of hydrogen-bond donors (Lipinski definition) is 1. The van der Waals surface area contributed by atoms with E-state index in [1.807, 2.05) is 31.2 Å². The van der Waals surface area contributed by atoms with Crippen molar-refractivity contribution in [2.45, 2.75) is 27.3 Å². The van der Waals surface area contributed by atoms with E-state index in [0.717, 1.165) is 28.6 Å². The molecular weight excluding hydrogens is 282 g/mol. The Hall–Kier alpha value is -2.01. The van der Waals surface area contributed by atoms with Gasteiger partial charge >= 0.3 is 0 Å². The summed E-state index contributed by atoms with van der Waals surface area (Å²) in [5.74, 6) is 0.902. The monoisotopic (exact) mass is 301 g/mol. The molecule has 0 atom stereocenters. The van der Waals surface area contributed by atoms with E-state index in [1.54, 1.807) is 11.3 Å². The molecule has 0 fully saturated rings. The van der Waals surface area contributed by atoms with Crippen molar-refractivity contribution in [1.29, 1.82) is 0 Å². The molecule has 2 heterocycles. The Kier molecular flexibility index (Phi) is 3.84. The number of fused-ring (bicyclic) bond motifs is 1. The molecule has 2 aromatic heterocycles. The van der Waals surface area contributed by atoms with Crippen LogP contribution in [0.25, 0.3) is 4.96 Å². The highest BCUT2D eigenvalue weighted by atomic mass is 32.1. The fourth-order valence-electron chi connectivity index (χ4n) is 2.34. The van der Waals surface area contributed by atoms with Crippen molar-refractivity contribution in [2.24, 2.45) is 0 Å². The van der Waals surface area contributed by atoms with Gasteiger partial charge in [-0.05, 0) is 45.0 Å². The van der Waals surface area contributed by atoms with Gasteiger partial charge in [0.2, 0.25) is 0 Å². The summed E-state index contributed by atoms with van der Waals surface area (Å²) in [4.78, 5) is 6.95. The number of rotatable bonds is 5. The quantitative estimate of drug-likeness (QED) is 0.773. The van der Waals surface area contributed by atoms with Crippen molar-refractivity contribution in [3.63, 3.8) is 0 Å². The first-order valence-corrected chi connectivity index (χ1v) is 7.89. The lowest BCUT2D eigenvalue weighted by molar-refractivity contribution is 0.340. The molecule has 5 heteroatoms.